The Kier molecular flexibility index (Phi) is 11.3. The molecule has 0 heterocycles. The molecule has 0 saturated carbocycles. The smallest absolute Gasteiger partial charge is 0.0250 e. The van der Waals surface area contributed by atoms with Crippen LogP contribution in [0.15, 0.2) is 11.9 Å². The number of rotatable bonds is 8. The van der Waals surface area contributed by atoms with Crippen molar-refractivity contribution in [3.63, 3.8) is 0 Å². The van der Waals surface area contributed by atoms with Gasteiger partial charge in [0.25, 0.3) is 0 Å². The predicted octanol–water partition coefficient (Wildman–Crippen LogP) is 4.83. The Morgan fingerprint density at radius 3 is 2.42 bits per heavy atom. The first-order valence-corrected chi connectivity index (χ1v) is 6.38. The van der Waals surface area contributed by atoms with Gasteiger partial charge in [0.15, 0.2) is 0 Å². The van der Waals surface area contributed by atoms with Crippen LogP contribution in [-0.4, -0.2) is 6.16 Å². The molecule has 1 heteroatoms. The number of allylic oxidation sites excluding steroid dienone is 1. The molecule has 0 aliphatic heterocycles. The molecule has 0 atom stereocenters. The zero-order chi connectivity index (χ0) is 9.07. The van der Waals surface area contributed by atoms with Crippen LogP contribution in [0.3, 0.4) is 0 Å². The largest absolute Gasteiger partial charge is 0.0837 e. The van der Waals surface area contributed by atoms with E-state index in [9.17, 15) is 0 Å². The van der Waals surface area contributed by atoms with E-state index in [2.05, 4.69) is 25.7 Å². The van der Waals surface area contributed by atoms with Gasteiger partial charge in [-0.25, -0.2) is 0 Å². The molecule has 0 aromatic heterocycles. The van der Waals surface area contributed by atoms with E-state index in [0.29, 0.717) is 0 Å². The first-order valence-electron chi connectivity index (χ1n) is 5.23. The van der Waals surface area contributed by atoms with Crippen LogP contribution in [-0.2, 0) is 0 Å². The van der Waals surface area contributed by atoms with Crippen molar-refractivity contribution < 1.29 is 0 Å². The van der Waals surface area contributed by atoms with Gasteiger partial charge in [0.1, 0.15) is 0 Å². The third-order valence-electron chi connectivity index (χ3n) is 1.83. The maximum Gasteiger partial charge on any atom is -0.0250 e. The van der Waals surface area contributed by atoms with Gasteiger partial charge in [-0.2, -0.15) is 0 Å². The minimum absolute atomic E-state index is 1.28. The van der Waals surface area contributed by atoms with Crippen LogP contribution in [0.1, 0.15) is 52.4 Å². The lowest BCUT2D eigenvalue weighted by Crippen LogP contribution is -1.74. The predicted molar refractivity (Wildman–Crippen MR) is 60.0 cm³/mol. The summed E-state index contributed by atoms with van der Waals surface area (Å²) >= 11 is 0. The first-order chi connectivity index (χ1) is 5.91. The molecule has 0 nitrogen and oxygen atoms in total. The quantitative estimate of drug-likeness (QED) is 0.375. The second kappa shape index (κ2) is 11.2. The molecule has 0 fully saturated rings. The Morgan fingerprint density at radius 1 is 1.00 bits per heavy atom. The molecule has 0 unspecified atom stereocenters. The zero-order valence-corrected chi connectivity index (χ0v) is 9.45. The maximum atomic E-state index is 2.33. The van der Waals surface area contributed by atoms with Crippen molar-refractivity contribution in [1.29, 1.82) is 0 Å². The van der Waals surface area contributed by atoms with Gasteiger partial charge in [-0.05, 0) is 19.0 Å². The molecule has 0 rings (SSSR count). The molecule has 0 aliphatic rings. The Hall–Kier alpha value is 0.170. The summed E-state index contributed by atoms with van der Waals surface area (Å²) in [6.45, 7) is 4.50. The average molecular weight is 185 g/mol. The summed E-state index contributed by atoms with van der Waals surface area (Å²) in [7, 11) is 1.52. The fraction of sp³-hybridized carbons (Fsp3) is 0.818. The van der Waals surface area contributed by atoms with E-state index in [-0.39, 0.29) is 0 Å². The van der Waals surface area contributed by atoms with Crippen LogP contribution >= 0.6 is 8.58 Å². The second-order valence-corrected chi connectivity index (χ2v) is 4.25. The van der Waals surface area contributed by atoms with E-state index >= 15 is 0 Å². The van der Waals surface area contributed by atoms with E-state index < -0.39 is 0 Å². The van der Waals surface area contributed by atoms with Crippen molar-refractivity contribution in [2.75, 3.05) is 6.16 Å². The maximum absolute atomic E-state index is 2.33. The van der Waals surface area contributed by atoms with Crippen molar-refractivity contribution in [2.24, 2.45) is 0 Å². The van der Waals surface area contributed by atoms with E-state index in [1.54, 1.807) is 0 Å². The minimum Gasteiger partial charge on any atom is -0.0837 e. The molecule has 0 N–H and O–H groups in total. The van der Waals surface area contributed by atoms with Crippen LogP contribution in [0, 0.1) is 0 Å². The van der Waals surface area contributed by atoms with Crippen LogP contribution in [0.25, 0.3) is 0 Å². The topological polar surface area (TPSA) is 0 Å². The standard InChI is InChI=1S/C11H22P/c1-3-5-7-9-11-12-10-8-6-4-2/h9,11H,3-8,10H2,1-2H3/b11-9+. The summed E-state index contributed by atoms with van der Waals surface area (Å²) in [6, 6.07) is 0. The highest BCUT2D eigenvalue weighted by Crippen LogP contribution is 2.15. The first kappa shape index (κ1) is 12.2. The van der Waals surface area contributed by atoms with Crippen molar-refractivity contribution in [2.45, 2.75) is 52.4 Å². The van der Waals surface area contributed by atoms with Crippen molar-refractivity contribution in [3.8, 4) is 0 Å². The van der Waals surface area contributed by atoms with Crippen LogP contribution in [0.5, 0.6) is 0 Å². The summed E-state index contributed by atoms with van der Waals surface area (Å²) in [4.78, 5) is 0. The highest BCUT2D eigenvalue weighted by molar-refractivity contribution is 7.41. The Balaban J connectivity index is 2.92. The molecule has 0 aromatic carbocycles. The molecule has 71 valence electrons. The molecule has 0 bridgehead atoms. The number of unbranched alkanes of at least 4 members (excludes halogenated alkanes) is 4. The number of hydrogen-bond acceptors (Lipinski definition) is 0. The highest BCUT2D eigenvalue weighted by Gasteiger charge is 1.84. The molecule has 0 spiro atoms. The lowest BCUT2D eigenvalue weighted by atomic mass is 10.2. The summed E-state index contributed by atoms with van der Waals surface area (Å²) in [5.41, 5.74) is 0. The molecular formula is C11H22P. The van der Waals surface area contributed by atoms with E-state index in [1.807, 2.05) is 0 Å². The SMILES string of the molecule is CCCC/C=C/[P]CCCCC. The Morgan fingerprint density at radius 2 is 1.75 bits per heavy atom. The minimum atomic E-state index is 1.28. The lowest BCUT2D eigenvalue weighted by molar-refractivity contribution is 0.778. The average Bonchev–Trinajstić information content (AvgIpc) is 2.10. The Bertz CT molecular complexity index is 97.2. The summed E-state index contributed by atoms with van der Waals surface area (Å²) in [5, 5.41) is 0. The zero-order valence-electron chi connectivity index (χ0n) is 8.55. The van der Waals surface area contributed by atoms with Gasteiger partial charge in [-0.15, -0.1) is 0 Å². The van der Waals surface area contributed by atoms with Crippen LogP contribution in [0.4, 0.5) is 0 Å². The van der Waals surface area contributed by atoms with Crippen LogP contribution in [0.2, 0.25) is 0 Å². The highest BCUT2D eigenvalue weighted by atomic mass is 31.1. The molecule has 1 radical (unpaired) electrons. The van der Waals surface area contributed by atoms with Gasteiger partial charge in [0, 0.05) is 0 Å². The normalized spacial score (nSPS) is 12.2. The van der Waals surface area contributed by atoms with E-state index in [1.165, 1.54) is 53.3 Å². The molecular weight excluding hydrogens is 163 g/mol. The van der Waals surface area contributed by atoms with Gasteiger partial charge >= 0.3 is 0 Å². The lowest BCUT2D eigenvalue weighted by Gasteiger charge is -1.93. The summed E-state index contributed by atoms with van der Waals surface area (Å²) in [5.74, 6) is 2.32. The molecule has 0 aromatic rings. The fourth-order valence-corrected chi connectivity index (χ4v) is 1.85. The summed E-state index contributed by atoms with van der Waals surface area (Å²) < 4.78 is 0. The Labute approximate surface area is 79.6 Å². The fourth-order valence-electron chi connectivity index (χ4n) is 0.999. The third kappa shape index (κ3) is 10.2. The molecule has 0 aliphatic carbocycles. The van der Waals surface area contributed by atoms with Gasteiger partial charge in [0.2, 0.25) is 0 Å². The second-order valence-electron chi connectivity index (χ2n) is 3.14. The number of hydrogen-bond donors (Lipinski definition) is 0. The van der Waals surface area contributed by atoms with E-state index in [0.717, 1.165) is 0 Å². The summed E-state index contributed by atoms with van der Waals surface area (Å²) in [6.07, 6.45) is 11.8. The van der Waals surface area contributed by atoms with Gasteiger partial charge in [0.05, 0.1) is 0 Å². The van der Waals surface area contributed by atoms with Crippen molar-refractivity contribution >= 4 is 8.58 Å². The van der Waals surface area contributed by atoms with Gasteiger partial charge in [-0.1, -0.05) is 60.0 Å². The van der Waals surface area contributed by atoms with Crippen molar-refractivity contribution in [1.82, 2.24) is 0 Å². The van der Waals surface area contributed by atoms with Gasteiger partial charge in [-0.3, -0.25) is 0 Å². The monoisotopic (exact) mass is 185 g/mol. The molecule has 0 saturated heterocycles. The molecule has 12 heavy (non-hydrogen) atoms. The van der Waals surface area contributed by atoms with Gasteiger partial charge < -0.3 is 0 Å². The molecule has 0 amide bonds. The van der Waals surface area contributed by atoms with Crippen molar-refractivity contribution in [3.05, 3.63) is 11.9 Å². The van der Waals surface area contributed by atoms with Crippen LogP contribution < -0.4 is 0 Å². The third-order valence-corrected chi connectivity index (χ3v) is 2.82. The van der Waals surface area contributed by atoms with E-state index in [4.69, 9.17) is 0 Å².